The molecule has 2 aliphatic heterocycles. The minimum Gasteiger partial charge on any atom is -0.478 e. The van der Waals surface area contributed by atoms with Gasteiger partial charge in [-0.1, -0.05) is 60.1 Å². The van der Waals surface area contributed by atoms with Crippen molar-refractivity contribution in [1.29, 1.82) is 0 Å². The van der Waals surface area contributed by atoms with Gasteiger partial charge in [0.1, 0.15) is 10.5 Å². The van der Waals surface area contributed by atoms with Gasteiger partial charge in [0, 0.05) is 5.69 Å². The van der Waals surface area contributed by atoms with Gasteiger partial charge in [-0.3, -0.25) is 14.6 Å². The lowest BCUT2D eigenvalue weighted by atomic mass is 10.2. The number of carboxylic acid groups (broad SMARTS) is 2. The molecule has 0 bridgehead atoms. The first-order valence-electron chi connectivity index (χ1n) is 9.97. The first-order chi connectivity index (χ1) is 16.7. The number of aliphatic hydroxyl groups is 1. The Balaban J connectivity index is 1.46. The van der Waals surface area contributed by atoms with E-state index < -0.39 is 23.4 Å². The highest BCUT2D eigenvalue weighted by molar-refractivity contribution is 8.27. The van der Waals surface area contributed by atoms with Crippen molar-refractivity contribution in [2.75, 3.05) is 9.80 Å². The lowest BCUT2D eigenvalue weighted by Gasteiger charge is -2.23. The Bertz CT molecular complexity index is 1290. The summed E-state index contributed by atoms with van der Waals surface area (Å²) in [6, 6.07) is 11.9. The van der Waals surface area contributed by atoms with E-state index in [9.17, 15) is 19.5 Å². The van der Waals surface area contributed by atoms with Crippen LogP contribution in [-0.2, 0) is 4.79 Å². The molecule has 2 aromatic rings. The highest BCUT2D eigenvalue weighted by atomic mass is 32.2. The van der Waals surface area contributed by atoms with E-state index in [0.29, 0.717) is 24.9 Å². The molecule has 0 radical (unpaired) electrons. The van der Waals surface area contributed by atoms with Crippen molar-refractivity contribution in [3.8, 4) is 0 Å². The van der Waals surface area contributed by atoms with E-state index in [1.165, 1.54) is 53.1 Å². The number of hydrogen-bond acceptors (Lipinski definition) is 8. The number of amides is 1. The maximum Gasteiger partial charge on any atom is 0.335 e. The highest BCUT2D eigenvalue weighted by Gasteiger charge is 2.37. The van der Waals surface area contributed by atoms with Gasteiger partial charge in [0.25, 0.3) is 5.91 Å². The van der Waals surface area contributed by atoms with E-state index in [2.05, 4.69) is 0 Å². The van der Waals surface area contributed by atoms with Crippen LogP contribution in [0.4, 0.5) is 11.4 Å². The Kier molecular flexibility index (Phi) is 7.38. The van der Waals surface area contributed by atoms with Gasteiger partial charge in [0.2, 0.25) is 0 Å². The topological polar surface area (TPSA) is 118 Å². The number of allylic oxidation sites excluding steroid dienone is 2. The van der Waals surface area contributed by atoms with Crippen molar-refractivity contribution in [1.82, 2.24) is 0 Å². The third-order valence-corrected chi connectivity index (χ3v) is 7.98. The zero-order chi connectivity index (χ0) is 25.3. The van der Waals surface area contributed by atoms with Crippen molar-refractivity contribution in [3.63, 3.8) is 0 Å². The normalized spacial score (nSPS) is 21.5. The fraction of sp³-hybridized carbons (Fsp3) is 0.0870. The third kappa shape index (κ3) is 5.16. The van der Waals surface area contributed by atoms with Crippen LogP contribution in [0.2, 0.25) is 0 Å². The quantitative estimate of drug-likeness (QED) is 0.360. The fourth-order valence-electron chi connectivity index (χ4n) is 3.36. The van der Waals surface area contributed by atoms with Crippen LogP contribution >= 0.6 is 48.0 Å². The predicted molar refractivity (Wildman–Crippen MR) is 144 cm³/mol. The molecule has 2 heterocycles. The first-order valence-corrected chi connectivity index (χ1v) is 12.5. The number of carbonyl (C=O) groups is 3. The SMILES string of the molecule is O=C(O)c1ccc(N2C(=O)C(=CC=CC3SC(=S)N(c4ccc(C(=O)O)cc4)C3O)SC2=S)cc1. The van der Waals surface area contributed by atoms with Gasteiger partial charge in [-0.2, -0.15) is 0 Å². The van der Waals surface area contributed by atoms with Crippen LogP contribution in [0.15, 0.2) is 71.7 Å². The largest absolute Gasteiger partial charge is 0.478 e. The Hall–Kier alpha value is -3.03. The Morgan fingerprint density at radius 1 is 0.886 bits per heavy atom. The molecule has 35 heavy (non-hydrogen) atoms. The number of aromatic carboxylic acids is 2. The number of rotatable bonds is 6. The smallest absolute Gasteiger partial charge is 0.335 e. The minimum absolute atomic E-state index is 0.107. The minimum atomic E-state index is -1.06. The van der Waals surface area contributed by atoms with Gasteiger partial charge in [0.05, 0.1) is 27.0 Å². The molecule has 2 aliphatic rings. The molecule has 0 aromatic heterocycles. The summed E-state index contributed by atoms with van der Waals surface area (Å²) in [5.41, 5.74) is 1.29. The molecule has 4 rings (SSSR count). The number of hydrogen-bond donors (Lipinski definition) is 3. The number of carboxylic acids is 2. The lowest BCUT2D eigenvalue weighted by Crippen LogP contribution is -2.35. The van der Waals surface area contributed by atoms with Gasteiger partial charge in [-0.25, -0.2) is 9.59 Å². The second-order valence-corrected chi connectivity index (χ2v) is 10.7. The summed E-state index contributed by atoms with van der Waals surface area (Å²) in [7, 11) is 0. The second kappa shape index (κ2) is 10.3. The zero-order valence-corrected chi connectivity index (χ0v) is 20.9. The molecule has 12 heteroatoms. The van der Waals surface area contributed by atoms with Crippen molar-refractivity contribution in [2.45, 2.75) is 11.5 Å². The van der Waals surface area contributed by atoms with E-state index in [1.807, 2.05) is 0 Å². The van der Waals surface area contributed by atoms with Gasteiger partial charge >= 0.3 is 11.9 Å². The maximum atomic E-state index is 12.9. The molecule has 0 spiro atoms. The molecule has 2 aromatic carbocycles. The molecule has 3 N–H and O–H groups in total. The number of nitrogens with zero attached hydrogens (tertiary/aromatic N) is 2. The van der Waals surface area contributed by atoms with Crippen molar-refractivity contribution >= 4 is 85.8 Å². The molecular formula is C23H16N2O6S4. The molecule has 0 saturated carbocycles. The molecule has 2 saturated heterocycles. The first kappa shape index (κ1) is 25.1. The average Bonchev–Trinajstić information content (AvgIpc) is 3.27. The number of anilines is 2. The van der Waals surface area contributed by atoms with Gasteiger partial charge in [-0.05, 0) is 54.6 Å². The summed E-state index contributed by atoms with van der Waals surface area (Å²) < 4.78 is 0.761. The maximum absolute atomic E-state index is 12.9. The molecule has 2 unspecified atom stereocenters. The molecule has 2 fully saturated rings. The summed E-state index contributed by atoms with van der Waals surface area (Å²) in [4.78, 5) is 38.2. The summed E-state index contributed by atoms with van der Waals surface area (Å²) in [6.07, 6.45) is 4.00. The standard InChI is InChI=1S/C23H16N2O6S4/c26-18-16(34-22(32)24(18)14-8-4-12(5-9-14)20(28)29)2-1-3-17-19(27)25(23(33)35-17)15-10-6-13(7-11-15)21(30)31/h1-11,16,18,26H,(H,28,29)(H,30,31). The summed E-state index contributed by atoms with van der Waals surface area (Å²) in [5, 5.41) is 28.5. The molecule has 2 atom stereocenters. The van der Waals surface area contributed by atoms with E-state index in [1.54, 1.807) is 35.3 Å². The average molecular weight is 545 g/mol. The third-order valence-electron chi connectivity index (χ3n) is 5.10. The molecule has 1 amide bonds. The lowest BCUT2D eigenvalue weighted by molar-refractivity contribution is -0.113. The van der Waals surface area contributed by atoms with Crippen molar-refractivity contribution in [2.24, 2.45) is 0 Å². The van der Waals surface area contributed by atoms with Gasteiger partial charge < -0.3 is 15.3 Å². The van der Waals surface area contributed by atoms with Crippen LogP contribution in [-0.4, -0.2) is 53.3 Å². The molecule has 8 nitrogen and oxygen atoms in total. The van der Waals surface area contributed by atoms with Gasteiger partial charge in [-0.15, -0.1) is 0 Å². The summed E-state index contributed by atoms with van der Waals surface area (Å²) in [6.45, 7) is 0. The van der Waals surface area contributed by atoms with E-state index >= 15 is 0 Å². The van der Waals surface area contributed by atoms with E-state index in [0.717, 1.165) is 11.8 Å². The van der Waals surface area contributed by atoms with Crippen molar-refractivity contribution in [3.05, 3.63) is 82.8 Å². The zero-order valence-electron chi connectivity index (χ0n) is 17.6. The van der Waals surface area contributed by atoms with Crippen LogP contribution in [0.1, 0.15) is 20.7 Å². The Labute approximate surface area is 218 Å². The Morgan fingerprint density at radius 2 is 1.43 bits per heavy atom. The van der Waals surface area contributed by atoms with Crippen LogP contribution < -0.4 is 9.80 Å². The van der Waals surface area contributed by atoms with Crippen LogP contribution in [0.3, 0.4) is 0 Å². The summed E-state index contributed by atoms with van der Waals surface area (Å²) >= 11 is 13.1. The molecule has 0 aliphatic carbocycles. The van der Waals surface area contributed by atoms with Crippen LogP contribution in [0, 0.1) is 0 Å². The highest BCUT2D eigenvalue weighted by Crippen LogP contribution is 2.37. The number of aliphatic hydroxyl groups excluding tert-OH is 1. The number of thiocarbonyl (C=S) groups is 2. The molecule has 178 valence electrons. The predicted octanol–water partition coefficient (Wildman–Crippen LogP) is 4.11. The van der Waals surface area contributed by atoms with Crippen molar-refractivity contribution < 1.29 is 29.7 Å². The molecular weight excluding hydrogens is 529 g/mol. The number of thioether (sulfide) groups is 2. The number of carbonyl (C=O) groups excluding carboxylic acids is 1. The van der Waals surface area contributed by atoms with Gasteiger partial charge in [0.15, 0.2) is 4.32 Å². The Morgan fingerprint density at radius 3 is 1.97 bits per heavy atom. The van der Waals surface area contributed by atoms with E-state index in [-0.39, 0.29) is 17.0 Å². The monoisotopic (exact) mass is 544 g/mol. The second-order valence-electron chi connectivity index (χ2n) is 7.26. The van der Waals surface area contributed by atoms with Crippen LogP contribution in [0.25, 0.3) is 0 Å². The summed E-state index contributed by atoms with van der Waals surface area (Å²) in [5.74, 6) is -2.43. The van der Waals surface area contributed by atoms with E-state index in [4.69, 9.17) is 34.6 Å². The fourth-order valence-corrected chi connectivity index (χ4v) is 6.13. The van der Waals surface area contributed by atoms with Crippen LogP contribution in [0.5, 0.6) is 0 Å². The number of benzene rings is 2.